The highest BCUT2D eigenvalue weighted by molar-refractivity contribution is 7.90. The predicted molar refractivity (Wildman–Crippen MR) is 114 cm³/mol. The number of aromatic nitrogens is 1. The van der Waals surface area contributed by atoms with Crippen LogP contribution in [0.2, 0.25) is 5.15 Å². The Morgan fingerprint density at radius 3 is 2.77 bits per heavy atom. The molecule has 7 nitrogen and oxygen atoms in total. The van der Waals surface area contributed by atoms with Crippen molar-refractivity contribution in [2.75, 3.05) is 6.54 Å². The third kappa shape index (κ3) is 3.76. The molecule has 1 N–H and O–H groups in total. The van der Waals surface area contributed by atoms with Crippen LogP contribution in [0.25, 0.3) is 10.9 Å². The second kappa shape index (κ2) is 7.70. The lowest BCUT2D eigenvalue weighted by atomic mass is 10.0. The number of pyridine rings is 1. The van der Waals surface area contributed by atoms with Gasteiger partial charge in [-0.2, -0.15) is 0 Å². The summed E-state index contributed by atoms with van der Waals surface area (Å²) in [5.74, 6) is -0.485. The monoisotopic (exact) mass is 443 g/mol. The average molecular weight is 444 g/mol. The van der Waals surface area contributed by atoms with Crippen molar-refractivity contribution in [3.8, 4) is 0 Å². The first kappa shape index (κ1) is 20.3. The van der Waals surface area contributed by atoms with E-state index in [2.05, 4.69) is 14.7 Å². The van der Waals surface area contributed by atoms with Crippen LogP contribution in [0.3, 0.4) is 0 Å². The number of nitrogens with zero attached hydrogens (tertiary/aromatic N) is 2. The molecule has 1 aromatic heterocycles. The SMILES string of the molecule is Cc1ccc2cc(COC(=O)CN=C3NS(=O)(=O)c4ccccc43)c(Cl)nc2c1C. The Bertz CT molecular complexity index is 1320. The number of nitrogens with one attached hydrogen (secondary N) is 1. The van der Waals surface area contributed by atoms with E-state index < -0.39 is 16.0 Å². The predicted octanol–water partition coefficient (Wildman–Crippen LogP) is 3.29. The molecule has 0 unspecified atom stereocenters. The summed E-state index contributed by atoms with van der Waals surface area (Å²) in [5.41, 5.74) is 3.99. The van der Waals surface area contributed by atoms with Crippen molar-refractivity contribution in [2.24, 2.45) is 4.99 Å². The molecule has 0 bridgehead atoms. The summed E-state index contributed by atoms with van der Waals surface area (Å²) in [6, 6.07) is 12.2. The van der Waals surface area contributed by atoms with Crippen molar-refractivity contribution < 1.29 is 17.9 Å². The van der Waals surface area contributed by atoms with E-state index in [-0.39, 0.29) is 29.0 Å². The molecule has 30 heavy (non-hydrogen) atoms. The van der Waals surface area contributed by atoms with Crippen molar-refractivity contribution in [3.05, 3.63) is 69.9 Å². The van der Waals surface area contributed by atoms with Gasteiger partial charge in [-0.3, -0.25) is 14.5 Å². The van der Waals surface area contributed by atoms with Crippen molar-refractivity contribution in [3.63, 3.8) is 0 Å². The Hall–Kier alpha value is -2.97. The Morgan fingerprint density at radius 1 is 1.20 bits per heavy atom. The maximum absolute atomic E-state index is 12.2. The minimum Gasteiger partial charge on any atom is -0.459 e. The van der Waals surface area contributed by atoms with Crippen molar-refractivity contribution in [2.45, 2.75) is 25.3 Å². The molecule has 0 aliphatic carbocycles. The number of hydrogen-bond acceptors (Lipinski definition) is 6. The molecule has 0 spiro atoms. The lowest BCUT2D eigenvalue weighted by Crippen LogP contribution is -2.23. The summed E-state index contributed by atoms with van der Waals surface area (Å²) in [4.78, 5) is 20.8. The molecule has 2 aromatic carbocycles. The number of carbonyl (C=O) groups excluding carboxylic acids is 1. The number of amidine groups is 1. The number of hydrogen-bond donors (Lipinski definition) is 1. The first-order chi connectivity index (χ1) is 14.3. The molecule has 4 rings (SSSR count). The summed E-state index contributed by atoms with van der Waals surface area (Å²) >= 11 is 6.27. The number of aliphatic imine (C=N–C) groups is 1. The lowest BCUT2D eigenvalue weighted by molar-refractivity contribution is -0.143. The van der Waals surface area contributed by atoms with E-state index in [1.807, 2.05) is 32.0 Å². The smallest absolute Gasteiger partial charge is 0.328 e. The highest BCUT2D eigenvalue weighted by Crippen LogP contribution is 2.25. The maximum Gasteiger partial charge on any atom is 0.328 e. The fourth-order valence-electron chi connectivity index (χ4n) is 3.20. The third-order valence-corrected chi connectivity index (χ3v) is 6.68. The number of rotatable bonds is 4. The zero-order valence-corrected chi connectivity index (χ0v) is 17.8. The molecule has 1 aliphatic rings. The summed E-state index contributed by atoms with van der Waals surface area (Å²) in [6.07, 6.45) is 0. The van der Waals surface area contributed by atoms with Gasteiger partial charge in [0.25, 0.3) is 10.0 Å². The van der Waals surface area contributed by atoms with E-state index in [1.165, 1.54) is 6.07 Å². The lowest BCUT2D eigenvalue weighted by Gasteiger charge is -2.10. The van der Waals surface area contributed by atoms with Gasteiger partial charge < -0.3 is 4.74 Å². The van der Waals surface area contributed by atoms with Gasteiger partial charge in [-0.25, -0.2) is 13.4 Å². The summed E-state index contributed by atoms with van der Waals surface area (Å²) < 4.78 is 31.8. The van der Waals surface area contributed by atoms with Crippen molar-refractivity contribution in [1.29, 1.82) is 0 Å². The Morgan fingerprint density at radius 2 is 1.97 bits per heavy atom. The zero-order chi connectivity index (χ0) is 21.5. The van der Waals surface area contributed by atoms with E-state index in [0.29, 0.717) is 11.1 Å². The molecule has 0 atom stereocenters. The van der Waals surface area contributed by atoms with E-state index >= 15 is 0 Å². The molecule has 0 fully saturated rings. The largest absolute Gasteiger partial charge is 0.459 e. The Balaban J connectivity index is 1.47. The number of ether oxygens (including phenoxy) is 1. The molecule has 3 aromatic rings. The van der Waals surface area contributed by atoms with Crippen molar-refractivity contribution >= 4 is 44.3 Å². The summed E-state index contributed by atoms with van der Waals surface area (Å²) in [5, 5.41) is 1.18. The number of esters is 1. The van der Waals surface area contributed by atoms with Crippen LogP contribution < -0.4 is 4.72 Å². The maximum atomic E-state index is 12.2. The molecule has 9 heteroatoms. The van der Waals surface area contributed by atoms with Crippen LogP contribution >= 0.6 is 11.6 Å². The quantitative estimate of drug-likeness (QED) is 0.493. The number of carbonyl (C=O) groups is 1. The first-order valence-corrected chi connectivity index (χ1v) is 11.0. The second-order valence-electron chi connectivity index (χ2n) is 6.94. The van der Waals surface area contributed by atoms with Crippen LogP contribution in [-0.2, 0) is 26.2 Å². The molecule has 154 valence electrons. The fourth-order valence-corrected chi connectivity index (χ4v) is 4.65. The fraction of sp³-hybridized carbons (Fsp3) is 0.190. The standard InChI is InChI=1S/C21H18ClN3O4S/c1-12-7-8-14-9-15(20(22)24-19(14)13(12)2)11-29-18(26)10-23-21-16-5-3-4-6-17(16)30(27,28)25-21/h3-9H,10-11H2,1-2H3,(H,23,25). The molecule has 0 saturated heterocycles. The van der Waals surface area contributed by atoms with E-state index in [0.717, 1.165) is 22.0 Å². The van der Waals surface area contributed by atoms with Gasteiger partial charge in [-0.05, 0) is 43.2 Å². The molecular weight excluding hydrogens is 426 g/mol. The average Bonchev–Trinajstić information content (AvgIpc) is 2.99. The molecule has 0 saturated carbocycles. The molecule has 1 aliphatic heterocycles. The van der Waals surface area contributed by atoms with E-state index in [1.54, 1.807) is 18.2 Å². The van der Waals surface area contributed by atoms with Crippen LogP contribution in [0, 0.1) is 13.8 Å². The third-order valence-electron chi connectivity index (χ3n) is 4.96. The second-order valence-corrected chi connectivity index (χ2v) is 8.95. The Kier molecular flexibility index (Phi) is 5.21. The highest BCUT2D eigenvalue weighted by Gasteiger charge is 2.30. The van der Waals surface area contributed by atoms with Gasteiger partial charge in [0.15, 0.2) is 0 Å². The zero-order valence-electron chi connectivity index (χ0n) is 16.3. The number of halogens is 1. The van der Waals surface area contributed by atoms with Crippen LogP contribution in [0.5, 0.6) is 0 Å². The Labute approximate surface area is 178 Å². The van der Waals surface area contributed by atoms with E-state index in [9.17, 15) is 13.2 Å². The minimum absolute atomic E-state index is 0.0549. The molecular formula is C21H18ClN3O4S. The normalized spacial score (nSPS) is 15.8. The van der Waals surface area contributed by atoms with Gasteiger partial charge in [0.05, 0.1) is 10.4 Å². The summed E-state index contributed by atoms with van der Waals surface area (Å²) in [6.45, 7) is 3.60. The molecule has 2 heterocycles. The van der Waals surface area contributed by atoms with Gasteiger partial charge in [0.2, 0.25) is 0 Å². The minimum atomic E-state index is -3.65. The van der Waals surface area contributed by atoms with Crippen LogP contribution in [-0.4, -0.2) is 31.8 Å². The van der Waals surface area contributed by atoms with Gasteiger partial charge in [0, 0.05) is 16.5 Å². The van der Waals surface area contributed by atoms with Gasteiger partial charge in [-0.15, -0.1) is 0 Å². The van der Waals surface area contributed by atoms with Gasteiger partial charge >= 0.3 is 5.97 Å². The van der Waals surface area contributed by atoms with Gasteiger partial charge in [-0.1, -0.05) is 35.9 Å². The topological polar surface area (TPSA) is 97.7 Å². The van der Waals surface area contributed by atoms with E-state index in [4.69, 9.17) is 16.3 Å². The number of aryl methyl sites for hydroxylation is 2. The van der Waals surface area contributed by atoms with Crippen molar-refractivity contribution in [1.82, 2.24) is 9.71 Å². The highest BCUT2D eigenvalue weighted by atomic mass is 35.5. The number of benzene rings is 2. The van der Waals surface area contributed by atoms with Crippen LogP contribution in [0.1, 0.15) is 22.3 Å². The first-order valence-electron chi connectivity index (χ1n) is 9.14. The number of sulfonamides is 1. The van der Waals surface area contributed by atoms with Crippen LogP contribution in [0.4, 0.5) is 0 Å². The molecule has 0 amide bonds. The summed E-state index contributed by atoms with van der Waals surface area (Å²) in [7, 11) is -3.65. The van der Waals surface area contributed by atoms with Gasteiger partial charge in [0.1, 0.15) is 24.1 Å². The van der Waals surface area contributed by atoms with Crippen LogP contribution in [0.15, 0.2) is 52.4 Å². The number of fused-ring (bicyclic) bond motifs is 2. The molecule has 0 radical (unpaired) electrons.